The van der Waals surface area contributed by atoms with Crippen LogP contribution in [-0.4, -0.2) is 47.7 Å². The van der Waals surface area contributed by atoms with E-state index in [1.807, 2.05) is 11.9 Å². The topological polar surface area (TPSA) is 52.6 Å². The highest BCUT2D eigenvalue weighted by molar-refractivity contribution is 5.78. The number of nitrogens with one attached hydrogen (secondary N) is 1. The molecule has 0 spiro atoms. The van der Waals surface area contributed by atoms with Crippen molar-refractivity contribution in [3.63, 3.8) is 0 Å². The van der Waals surface area contributed by atoms with Crippen LogP contribution in [0.3, 0.4) is 0 Å². The first-order chi connectivity index (χ1) is 7.68. The molecule has 0 radical (unpaired) electrons. The summed E-state index contributed by atoms with van der Waals surface area (Å²) in [6.45, 7) is 0.370. The normalized spacial score (nSPS) is 30.1. The first-order valence-electron chi connectivity index (χ1n) is 6.35. The minimum absolute atomic E-state index is 0.116. The predicted octanol–water partition coefficient (Wildman–Crippen LogP) is 0.500. The number of hydrogen-bond donors (Lipinski definition) is 2. The lowest BCUT2D eigenvalue weighted by molar-refractivity contribution is -0.129. The van der Waals surface area contributed by atoms with E-state index in [0.29, 0.717) is 12.6 Å². The Labute approximate surface area is 97.0 Å². The van der Waals surface area contributed by atoms with Crippen molar-refractivity contribution in [1.29, 1.82) is 0 Å². The van der Waals surface area contributed by atoms with Gasteiger partial charge in [0.2, 0.25) is 5.91 Å². The van der Waals surface area contributed by atoms with E-state index in [-0.39, 0.29) is 18.1 Å². The molecule has 4 heteroatoms. The van der Waals surface area contributed by atoms with Crippen LogP contribution < -0.4 is 5.32 Å². The Hall–Kier alpha value is -0.610. The van der Waals surface area contributed by atoms with Gasteiger partial charge in [0.1, 0.15) is 0 Å². The van der Waals surface area contributed by atoms with Crippen molar-refractivity contribution < 1.29 is 9.90 Å². The summed E-state index contributed by atoms with van der Waals surface area (Å²) in [6, 6.07) is 0.593. The molecule has 0 bridgehead atoms. The van der Waals surface area contributed by atoms with Crippen molar-refractivity contribution in [2.75, 3.05) is 13.6 Å². The SMILES string of the molecule is CN(C(=O)CNC1CCCCC1O)C1CC1. The number of aliphatic hydroxyl groups is 1. The molecule has 0 aliphatic heterocycles. The van der Waals surface area contributed by atoms with E-state index in [2.05, 4.69) is 5.32 Å². The number of amides is 1. The molecule has 2 unspecified atom stereocenters. The molecule has 92 valence electrons. The Bertz CT molecular complexity index is 253. The van der Waals surface area contributed by atoms with Crippen LogP contribution in [-0.2, 0) is 4.79 Å². The van der Waals surface area contributed by atoms with Crippen LogP contribution in [0.15, 0.2) is 0 Å². The number of carbonyl (C=O) groups is 1. The van der Waals surface area contributed by atoms with Crippen LogP contribution in [0.1, 0.15) is 38.5 Å². The molecule has 2 fully saturated rings. The molecule has 2 aliphatic carbocycles. The van der Waals surface area contributed by atoms with Gasteiger partial charge in [0.15, 0.2) is 0 Å². The predicted molar refractivity (Wildman–Crippen MR) is 62.1 cm³/mol. The van der Waals surface area contributed by atoms with Gasteiger partial charge in [-0.1, -0.05) is 12.8 Å². The molecule has 16 heavy (non-hydrogen) atoms. The van der Waals surface area contributed by atoms with E-state index >= 15 is 0 Å². The Morgan fingerprint density at radius 3 is 2.62 bits per heavy atom. The van der Waals surface area contributed by atoms with Crippen molar-refractivity contribution in [3.8, 4) is 0 Å². The van der Waals surface area contributed by atoms with Crippen LogP contribution in [0.4, 0.5) is 0 Å². The minimum atomic E-state index is -0.271. The van der Waals surface area contributed by atoms with E-state index in [9.17, 15) is 9.90 Å². The number of carbonyl (C=O) groups excluding carboxylic acids is 1. The second kappa shape index (κ2) is 5.15. The molecule has 0 aromatic carbocycles. The molecular formula is C12H22N2O2. The molecule has 2 rings (SSSR count). The second-order valence-corrected chi connectivity index (χ2v) is 5.08. The van der Waals surface area contributed by atoms with Crippen molar-refractivity contribution in [1.82, 2.24) is 10.2 Å². The van der Waals surface area contributed by atoms with Crippen molar-refractivity contribution in [2.45, 2.75) is 56.7 Å². The van der Waals surface area contributed by atoms with Crippen LogP contribution >= 0.6 is 0 Å². The summed E-state index contributed by atoms with van der Waals surface area (Å²) in [5.74, 6) is 0.153. The number of likely N-dealkylation sites (N-methyl/N-ethyl adjacent to an activating group) is 1. The van der Waals surface area contributed by atoms with E-state index in [1.165, 1.54) is 0 Å². The summed E-state index contributed by atoms with van der Waals surface area (Å²) in [4.78, 5) is 13.6. The fraction of sp³-hybridized carbons (Fsp3) is 0.917. The zero-order valence-electron chi connectivity index (χ0n) is 9.98. The first kappa shape index (κ1) is 11.9. The molecule has 0 aromatic rings. The lowest BCUT2D eigenvalue weighted by atomic mass is 9.92. The van der Waals surface area contributed by atoms with Crippen molar-refractivity contribution in [2.24, 2.45) is 0 Å². The molecule has 2 atom stereocenters. The molecule has 2 aliphatic rings. The van der Waals surface area contributed by atoms with E-state index in [0.717, 1.165) is 38.5 Å². The lowest BCUT2D eigenvalue weighted by Crippen LogP contribution is -2.47. The van der Waals surface area contributed by atoms with Gasteiger partial charge >= 0.3 is 0 Å². The van der Waals surface area contributed by atoms with Crippen LogP contribution in [0.2, 0.25) is 0 Å². The highest BCUT2D eigenvalue weighted by Gasteiger charge is 2.30. The van der Waals surface area contributed by atoms with Gasteiger partial charge in [0.05, 0.1) is 12.6 Å². The Morgan fingerprint density at radius 2 is 2.00 bits per heavy atom. The van der Waals surface area contributed by atoms with E-state index < -0.39 is 0 Å². The fourth-order valence-electron chi connectivity index (χ4n) is 2.36. The number of nitrogens with zero attached hydrogens (tertiary/aromatic N) is 1. The average molecular weight is 226 g/mol. The molecule has 0 saturated heterocycles. The fourth-order valence-corrected chi connectivity index (χ4v) is 2.36. The van der Waals surface area contributed by atoms with Crippen LogP contribution in [0, 0.1) is 0 Å². The summed E-state index contributed by atoms with van der Waals surface area (Å²) in [6.07, 6.45) is 6.14. The summed E-state index contributed by atoms with van der Waals surface area (Å²) >= 11 is 0. The van der Waals surface area contributed by atoms with E-state index in [4.69, 9.17) is 0 Å². The maximum atomic E-state index is 11.8. The number of hydrogen-bond acceptors (Lipinski definition) is 3. The molecule has 2 N–H and O–H groups in total. The van der Waals surface area contributed by atoms with Gasteiger partial charge in [0, 0.05) is 19.1 Å². The summed E-state index contributed by atoms with van der Waals surface area (Å²) < 4.78 is 0. The summed E-state index contributed by atoms with van der Waals surface area (Å²) in [7, 11) is 1.87. The third-order valence-corrected chi connectivity index (χ3v) is 3.73. The zero-order chi connectivity index (χ0) is 11.5. The Morgan fingerprint density at radius 1 is 1.31 bits per heavy atom. The Balaban J connectivity index is 1.71. The Kier molecular flexibility index (Phi) is 3.82. The standard InChI is InChI=1S/C12H22N2O2/c1-14(9-6-7-9)12(16)8-13-10-4-2-3-5-11(10)15/h9-11,13,15H,2-8H2,1H3. The average Bonchev–Trinajstić information content (AvgIpc) is 3.10. The monoisotopic (exact) mass is 226 g/mol. The molecule has 2 saturated carbocycles. The van der Waals surface area contributed by atoms with Gasteiger partial charge in [-0.3, -0.25) is 4.79 Å². The van der Waals surface area contributed by atoms with E-state index in [1.54, 1.807) is 0 Å². The van der Waals surface area contributed by atoms with Gasteiger partial charge in [-0.25, -0.2) is 0 Å². The number of aliphatic hydroxyl groups excluding tert-OH is 1. The summed E-state index contributed by atoms with van der Waals surface area (Å²) in [5, 5.41) is 12.9. The van der Waals surface area contributed by atoms with Gasteiger partial charge < -0.3 is 15.3 Å². The van der Waals surface area contributed by atoms with Gasteiger partial charge in [0.25, 0.3) is 0 Å². The van der Waals surface area contributed by atoms with Gasteiger partial charge in [-0.05, 0) is 25.7 Å². The highest BCUT2D eigenvalue weighted by atomic mass is 16.3. The third kappa shape index (κ3) is 2.95. The zero-order valence-corrected chi connectivity index (χ0v) is 9.98. The largest absolute Gasteiger partial charge is 0.392 e. The minimum Gasteiger partial charge on any atom is -0.392 e. The quantitative estimate of drug-likeness (QED) is 0.734. The summed E-state index contributed by atoms with van der Waals surface area (Å²) in [5.41, 5.74) is 0. The third-order valence-electron chi connectivity index (χ3n) is 3.73. The van der Waals surface area contributed by atoms with Crippen molar-refractivity contribution in [3.05, 3.63) is 0 Å². The van der Waals surface area contributed by atoms with Crippen molar-refractivity contribution >= 4 is 5.91 Å². The van der Waals surface area contributed by atoms with Crippen LogP contribution in [0.25, 0.3) is 0 Å². The highest BCUT2D eigenvalue weighted by Crippen LogP contribution is 2.25. The second-order valence-electron chi connectivity index (χ2n) is 5.08. The molecule has 4 nitrogen and oxygen atoms in total. The first-order valence-corrected chi connectivity index (χ1v) is 6.35. The lowest BCUT2D eigenvalue weighted by Gasteiger charge is -2.29. The molecule has 0 aromatic heterocycles. The number of rotatable bonds is 4. The van der Waals surface area contributed by atoms with Crippen LogP contribution in [0.5, 0.6) is 0 Å². The van der Waals surface area contributed by atoms with Gasteiger partial charge in [-0.15, -0.1) is 0 Å². The smallest absolute Gasteiger partial charge is 0.236 e. The molecule has 0 heterocycles. The molecule has 1 amide bonds. The molecular weight excluding hydrogens is 204 g/mol. The maximum absolute atomic E-state index is 11.8. The maximum Gasteiger partial charge on any atom is 0.236 e. The van der Waals surface area contributed by atoms with Gasteiger partial charge in [-0.2, -0.15) is 0 Å².